The molecule has 0 aliphatic heterocycles. The van der Waals surface area contributed by atoms with Crippen molar-refractivity contribution in [2.75, 3.05) is 0 Å². The SMILES string of the molecule is CCc1c(C)nc(CC(=O)NNC(=O)c2ccco2)[nH]c1=O. The van der Waals surface area contributed by atoms with Gasteiger partial charge in [0.25, 0.3) is 5.56 Å². The van der Waals surface area contributed by atoms with E-state index in [9.17, 15) is 14.4 Å². The van der Waals surface area contributed by atoms with Gasteiger partial charge in [0, 0.05) is 11.3 Å². The van der Waals surface area contributed by atoms with Crippen molar-refractivity contribution in [3.63, 3.8) is 0 Å². The van der Waals surface area contributed by atoms with Crippen LogP contribution in [0.15, 0.2) is 27.6 Å². The molecule has 2 aromatic heterocycles. The minimum absolute atomic E-state index is 0.0787. The Kier molecular flexibility index (Phi) is 4.72. The molecule has 3 N–H and O–H groups in total. The molecule has 0 aliphatic carbocycles. The van der Waals surface area contributed by atoms with Crippen LogP contribution in [0.1, 0.15) is 34.6 Å². The van der Waals surface area contributed by atoms with E-state index in [1.807, 2.05) is 6.92 Å². The van der Waals surface area contributed by atoms with Crippen LogP contribution in [0.4, 0.5) is 0 Å². The highest BCUT2D eigenvalue weighted by molar-refractivity contribution is 5.92. The number of hydrogen-bond donors (Lipinski definition) is 3. The fourth-order valence-corrected chi connectivity index (χ4v) is 1.96. The number of furan rings is 1. The van der Waals surface area contributed by atoms with Gasteiger partial charge in [-0.25, -0.2) is 4.98 Å². The maximum Gasteiger partial charge on any atom is 0.305 e. The van der Waals surface area contributed by atoms with Crippen LogP contribution in [0.5, 0.6) is 0 Å². The number of carbonyl (C=O) groups excluding carboxylic acids is 2. The molecule has 2 rings (SSSR count). The molecule has 0 atom stereocenters. The predicted molar refractivity (Wildman–Crippen MR) is 77.0 cm³/mol. The van der Waals surface area contributed by atoms with Crippen molar-refractivity contribution in [2.24, 2.45) is 0 Å². The molecule has 0 radical (unpaired) electrons. The lowest BCUT2D eigenvalue weighted by Crippen LogP contribution is -2.42. The van der Waals surface area contributed by atoms with Gasteiger partial charge in [0.15, 0.2) is 5.76 Å². The molecule has 0 saturated heterocycles. The van der Waals surface area contributed by atoms with Crippen LogP contribution in [-0.2, 0) is 17.6 Å². The smallest absolute Gasteiger partial charge is 0.305 e. The molecule has 0 spiro atoms. The van der Waals surface area contributed by atoms with Crippen molar-refractivity contribution in [3.05, 3.63) is 51.6 Å². The van der Waals surface area contributed by atoms with Crippen LogP contribution in [0.3, 0.4) is 0 Å². The summed E-state index contributed by atoms with van der Waals surface area (Å²) in [6, 6.07) is 3.02. The predicted octanol–water partition coefficient (Wildman–Crippen LogP) is 0.237. The highest BCUT2D eigenvalue weighted by atomic mass is 16.3. The third-order valence-corrected chi connectivity index (χ3v) is 3.01. The van der Waals surface area contributed by atoms with E-state index in [4.69, 9.17) is 4.42 Å². The number of hydrogen-bond acceptors (Lipinski definition) is 5. The molecule has 2 aromatic rings. The normalized spacial score (nSPS) is 10.3. The number of H-pyrrole nitrogens is 1. The van der Waals surface area contributed by atoms with E-state index in [1.165, 1.54) is 12.3 Å². The average molecular weight is 304 g/mol. The summed E-state index contributed by atoms with van der Waals surface area (Å²) in [7, 11) is 0. The lowest BCUT2D eigenvalue weighted by Gasteiger charge is -2.07. The lowest BCUT2D eigenvalue weighted by atomic mass is 10.2. The third kappa shape index (κ3) is 3.60. The Morgan fingerprint density at radius 1 is 1.36 bits per heavy atom. The fraction of sp³-hybridized carbons (Fsp3) is 0.286. The van der Waals surface area contributed by atoms with Gasteiger partial charge >= 0.3 is 5.91 Å². The Bertz CT molecular complexity index is 734. The Labute approximate surface area is 125 Å². The first kappa shape index (κ1) is 15.5. The number of hydrazine groups is 1. The number of nitrogens with one attached hydrogen (secondary N) is 3. The molecule has 0 aromatic carbocycles. The standard InChI is InChI=1S/C14H16N4O4/c1-3-9-8(2)15-11(16-13(9)20)7-12(19)17-18-14(21)10-5-4-6-22-10/h4-6H,3,7H2,1-2H3,(H,17,19)(H,18,21)(H,15,16,20). The monoisotopic (exact) mass is 304 g/mol. The molecule has 2 amide bonds. The molecule has 2 heterocycles. The molecular weight excluding hydrogens is 288 g/mol. The molecule has 0 saturated carbocycles. The number of aromatic nitrogens is 2. The van der Waals surface area contributed by atoms with Crippen LogP contribution in [0.25, 0.3) is 0 Å². The summed E-state index contributed by atoms with van der Waals surface area (Å²) in [5.41, 5.74) is 5.36. The van der Waals surface area contributed by atoms with Crippen molar-refractivity contribution in [3.8, 4) is 0 Å². The van der Waals surface area contributed by atoms with Gasteiger partial charge in [-0.15, -0.1) is 0 Å². The highest BCUT2D eigenvalue weighted by Gasteiger charge is 2.12. The first-order chi connectivity index (χ1) is 10.5. The van der Waals surface area contributed by atoms with E-state index in [0.717, 1.165) is 0 Å². The summed E-state index contributed by atoms with van der Waals surface area (Å²) >= 11 is 0. The Morgan fingerprint density at radius 2 is 2.14 bits per heavy atom. The third-order valence-electron chi connectivity index (χ3n) is 3.01. The maximum atomic E-state index is 11.8. The van der Waals surface area contributed by atoms with Crippen molar-refractivity contribution in [2.45, 2.75) is 26.7 Å². The van der Waals surface area contributed by atoms with E-state index >= 15 is 0 Å². The lowest BCUT2D eigenvalue weighted by molar-refractivity contribution is -0.121. The molecule has 8 nitrogen and oxygen atoms in total. The number of aromatic amines is 1. The first-order valence-corrected chi connectivity index (χ1v) is 6.72. The molecule has 8 heteroatoms. The molecule has 22 heavy (non-hydrogen) atoms. The van der Waals surface area contributed by atoms with E-state index < -0.39 is 11.8 Å². The summed E-state index contributed by atoms with van der Waals surface area (Å²) in [6.45, 7) is 3.57. The van der Waals surface area contributed by atoms with Gasteiger partial charge in [-0.05, 0) is 25.5 Å². The number of amides is 2. The molecule has 0 bridgehead atoms. The van der Waals surface area contributed by atoms with Gasteiger partial charge in [-0.1, -0.05) is 6.92 Å². The van der Waals surface area contributed by atoms with Crippen molar-refractivity contribution >= 4 is 11.8 Å². The zero-order valence-corrected chi connectivity index (χ0v) is 12.2. The second-order valence-corrected chi connectivity index (χ2v) is 4.59. The average Bonchev–Trinajstić information content (AvgIpc) is 2.98. The molecule has 0 unspecified atom stereocenters. The molecule has 0 fully saturated rings. The van der Waals surface area contributed by atoms with Crippen molar-refractivity contribution < 1.29 is 14.0 Å². The Balaban J connectivity index is 1.95. The highest BCUT2D eigenvalue weighted by Crippen LogP contribution is 2.01. The minimum Gasteiger partial charge on any atom is -0.459 e. The van der Waals surface area contributed by atoms with Gasteiger partial charge in [-0.2, -0.15) is 0 Å². The van der Waals surface area contributed by atoms with Crippen LogP contribution < -0.4 is 16.4 Å². The second-order valence-electron chi connectivity index (χ2n) is 4.59. The Hall–Kier alpha value is -2.90. The largest absolute Gasteiger partial charge is 0.459 e. The summed E-state index contributed by atoms with van der Waals surface area (Å²) in [4.78, 5) is 41.8. The fourth-order valence-electron chi connectivity index (χ4n) is 1.96. The molecular formula is C14H16N4O4. The number of aryl methyl sites for hydroxylation is 1. The molecule has 0 aliphatic rings. The zero-order valence-electron chi connectivity index (χ0n) is 12.2. The summed E-state index contributed by atoms with van der Waals surface area (Å²) in [5, 5.41) is 0. The number of nitrogens with zero attached hydrogens (tertiary/aromatic N) is 1. The van der Waals surface area contributed by atoms with Crippen molar-refractivity contribution in [1.82, 2.24) is 20.8 Å². The topological polar surface area (TPSA) is 117 Å². The van der Waals surface area contributed by atoms with Crippen molar-refractivity contribution in [1.29, 1.82) is 0 Å². The van der Waals surface area contributed by atoms with Gasteiger partial charge in [0.2, 0.25) is 5.91 Å². The minimum atomic E-state index is -0.572. The number of rotatable bonds is 4. The van der Waals surface area contributed by atoms with E-state index in [2.05, 4.69) is 20.8 Å². The maximum absolute atomic E-state index is 11.8. The Morgan fingerprint density at radius 3 is 2.73 bits per heavy atom. The van der Waals surface area contributed by atoms with E-state index in [0.29, 0.717) is 17.7 Å². The van der Waals surface area contributed by atoms with E-state index in [1.54, 1.807) is 13.0 Å². The summed E-state index contributed by atoms with van der Waals surface area (Å²) < 4.78 is 4.88. The van der Waals surface area contributed by atoms with Gasteiger partial charge in [0.1, 0.15) is 5.82 Å². The summed E-state index contributed by atoms with van der Waals surface area (Å²) in [6.07, 6.45) is 1.77. The van der Waals surface area contributed by atoms with Gasteiger partial charge in [0.05, 0.1) is 12.7 Å². The second kappa shape index (κ2) is 6.70. The quantitative estimate of drug-likeness (QED) is 0.699. The van der Waals surface area contributed by atoms with Gasteiger partial charge < -0.3 is 9.40 Å². The van der Waals surface area contributed by atoms with Crippen LogP contribution >= 0.6 is 0 Å². The van der Waals surface area contributed by atoms with Crippen LogP contribution in [-0.4, -0.2) is 21.8 Å². The van der Waals surface area contributed by atoms with Gasteiger partial charge in [-0.3, -0.25) is 25.2 Å². The van der Waals surface area contributed by atoms with Crippen LogP contribution in [0, 0.1) is 6.92 Å². The molecule has 116 valence electrons. The zero-order chi connectivity index (χ0) is 16.1. The first-order valence-electron chi connectivity index (χ1n) is 6.72. The number of carbonyl (C=O) groups is 2. The summed E-state index contributed by atoms with van der Waals surface area (Å²) in [5.74, 6) is -0.761. The van der Waals surface area contributed by atoms with E-state index in [-0.39, 0.29) is 23.6 Å². The van der Waals surface area contributed by atoms with Crippen LogP contribution in [0.2, 0.25) is 0 Å².